The summed E-state index contributed by atoms with van der Waals surface area (Å²) in [7, 11) is 3.30. The number of nitrogens with zero attached hydrogens (tertiary/aromatic N) is 3. The smallest absolute Gasteiger partial charge is 0.191 e. The molecule has 0 saturated carbocycles. The molecular weight excluding hydrogens is 445 g/mol. The van der Waals surface area contributed by atoms with Crippen molar-refractivity contribution in [3.63, 3.8) is 0 Å². The van der Waals surface area contributed by atoms with Gasteiger partial charge < -0.3 is 20.1 Å². The van der Waals surface area contributed by atoms with Crippen molar-refractivity contribution in [2.24, 2.45) is 4.99 Å². The molecule has 0 unspecified atom stereocenters. The molecule has 0 bridgehead atoms. The second-order valence-electron chi connectivity index (χ2n) is 5.42. The van der Waals surface area contributed by atoms with E-state index in [1.807, 2.05) is 35.1 Å². The van der Waals surface area contributed by atoms with Crippen LogP contribution in [0.15, 0.2) is 41.7 Å². The molecule has 2 aromatic rings. The molecule has 26 heavy (non-hydrogen) atoms. The fraction of sp³-hybridized carbons (Fsp3) is 0.444. The van der Waals surface area contributed by atoms with Gasteiger partial charge in [-0.3, -0.25) is 4.68 Å². The van der Waals surface area contributed by atoms with E-state index < -0.39 is 0 Å². The van der Waals surface area contributed by atoms with Crippen LogP contribution in [0.5, 0.6) is 11.5 Å². The Hall–Kier alpha value is -1.97. The van der Waals surface area contributed by atoms with Crippen molar-refractivity contribution in [2.45, 2.75) is 26.4 Å². The average Bonchev–Trinajstić information content (AvgIpc) is 3.16. The Morgan fingerprint density at radius 3 is 2.73 bits per heavy atom. The molecule has 1 heterocycles. The number of benzene rings is 1. The molecule has 0 aliphatic carbocycles. The molecule has 0 radical (unpaired) electrons. The second kappa shape index (κ2) is 12.4. The highest BCUT2D eigenvalue weighted by Crippen LogP contribution is 2.25. The van der Waals surface area contributed by atoms with Gasteiger partial charge in [-0.15, -0.1) is 24.0 Å². The zero-order valence-electron chi connectivity index (χ0n) is 15.6. The largest absolute Gasteiger partial charge is 0.497 e. The third-order valence-corrected chi connectivity index (χ3v) is 3.66. The van der Waals surface area contributed by atoms with Gasteiger partial charge in [-0.2, -0.15) is 5.10 Å². The summed E-state index contributed by atoms with van der Waals surface area (Å²) in [5.74, 6) is 2.34. The van der Waals surface area contributed by atoms with E-state index in [2.05, 4.69) is 27.6 Å². The molecule has 2 N–H and O–H groups in total. The van der Waals surface area contributed by atoms with Gasteiger partial charge in [-0.25, -0.2) is 4.99 Å². The number of methoxy groups -OCH3 is 2. The van der Waals surface area contributed by atoms with E-state index in [1.54, 1.807) is 20.4 Å². The molecule has 8 heteroatoms. The van der Waals surface area contributed by atoms with E-state index in [9.17, 15) is 0 Å². The van der Waals surface area contributed by atoms with E-state index in [0.29, 0.717) is 6.54 Å². The molecule has 0 spiro atoms. The van der Waals surface area contributed by atoms with Crippen LogP contribution in [0.3, 0.4) is 0 Å². The molecule has 0 aliphatic rings. The minimum Gasteiger partial charge on any atom is -0.497 e. The van der Waals surface area contributed by atoms with Crippen molar-refractivity contribution < 1.29 is 9.47 Å². The first-order valence-electron chi connectivity index (χ1n) is 8.47. The monoisotopic (exact) mass is 473 g/mol. The third-order valence-electron chi connectivity index (χ3n) is 3.66. The Morgan fingerprint density at radius 2 is 2.08 bits per heavy atom. The van der Waals surface area contributed by atoms with Crippen LogP contribution in [0.1, 0.15) is 18.9 Å². The van der Waals surface area contributed by atoms with Crippen molar-refractivity contribution in [1.29, 1.82) is 0 Å². The molecule has 0 saturated heterocycles. The Labute approximate surface area is 172 Å². The molecule has 0 fully saturated rings. The normalized spacial score (nSPS) is 10.8. The topological polar surface area (TPSA) is 72.7 Å². The van der Waals surface area contributed by atoms with Crippen LogP contribution in [0.4, 0.5) is 0 Å². The average molecular weight is 473 g/mol. The van der Waals surface area contributed by atoms with Gasteiger partial charge in [0.05, 0.1) is 20.8 Å². The van der Waals surface area contributed by atoms with Gasteiger partial charge in [-0.05, 0) is 31.5 Å². The highest BCUT2D eigenvalue weighted by atomic mass is 127. The fourth-order valence-corrected chi connectivity index (χ4v) is 2.37. The van der Waals surface area contributed by atoms with Crippen molar-refractivity contribution in [1.82, 2.24) is 20.4 Å². The van der Waals surface area contributed by atoms with Crippen LogP contribution in [-0.4, -0.2) is 43.0 Å². The second-order valence-corrected chi connectivity index (χ2v) is 5.42. The Morgan fingerprint density at radius 1 is 1.23 bits per heavy atom. The van der Waals surface area contributed by atoms with Crippen LogP contribution in [0.2, 0.25) is 0 Å². The number of nitrogens with one attached hydrogen (secondary N) is 2. The van der Waals surface area contributed by atoms with Crippen molar-refractivity contribution in [3.05, 3.63) is 42.2 Å². The molecule has 0 aliphatic heterocycles. The summed E-state index contributed by atoms with van der Waals surface area (Å²) in [5.41, 5.74) is 1.01. The Balaban J connectivity index is 0.00000338. The van der Waals surface area contributed by atoms with Crippen LogP contribution < -0.4 is 20.1 Å². The highest BCUT2D eigenvalue weighted by molar-refractivity contribution is 14.0. The zero-order chi connectivity index (χ0) is 17.9. The summed E-state index contributed by atoms with van der Waals surface area (Å²) in [5, 5.41) is 10.8. The summed E-state index contributed by atoms with van der Waals surface area (Å²) >= 11 is 0. The van der Waals surface area contributed by atoms with E-state index >= 15 is 0 Å². The first-order chi connectivity index (χ1) is 12.3. The lowest BCUT2D eigenvalue weighted by Crippen LogP contribution is -2.38. The SMILES string of the molecule is CCNC(=NCc1ccc(OC)cc1OC)NCCCn1cccn1.I. The van der Waals surface area contributed by atoms with Gasteiger partial charge in [0.25, 0.3) is 0 Å². The highest BCUT2D eigenvalue weighted by Gasteiger charge is 2.05. The number of hydrogen-bond donors (Lipinski definition) is 2. The number of halogens is 1. The summed E-state index contributed by atoms with van der Waals surface area (Å²) in [6.45, 7) is 5.10. The summed E-state index contributed by atoms with van der Waals surface area (Å²) < 4.78 is 12.6. The number of rotatable bonds is 9. The number of guanidine groups is 1. The summed E-state index contributed by atoms with van der Waals surface area (Å²) in [6, 6.07) is 7.69. The summed E-state index contributed by atoms with van der Waals surface area (Å²) in [6.07, 6.45) is 4.73. The van der Waals surface area contributed by atoms with E-state index in [0.717, 1.165) is 49.1 Å². The van der Waals surface area contributed by atoms with Gasteiger partial charge in [-0.1, -0.05) is 0 Å². The summed E-state index contributed by atoms with van der Waals surface area (Å²) in [4.78, 5) is 4.63. The lowest BCUT2D eigenvalue weighted by Gasteiger charge is -2.13. The number of aromatic nitrogens is 2. The van der Waals surface area contributed by atoms with Crippen molar-refractivity contribution in [2.75, 3.05) is 27.3 Å². The lowest BCUT2D eigenvalue weighted by atomic mass is 10.2. The molecule has 0 amide bonds. The number of ether oxygens (including phenoxy) is 2. The Bertz CT molecular complexity index is 662. The maximum absolute atomic E-state index is 5.42. The van der Waals surface area contributed by atoms with Crippen molar-refractivity contribution in [3.8, 4) is 11.5 Å². The maximum atomic E-state index is 5.42. The number of aryl methyl sites for hydroxylation is 1. The van der Waals surface area contributed by atoms with E-state index in [1.165, 1.54) is 0 Å². The fourth-order valence-electron chi connectivity index (χ4n) is 2.37. The van der Waals surface area contributed by atoms with E-state index in [4.69, 9.17) is 9.47 Å². The lowest BCUT2D eigenvalue weighted by molar-refractivity contribution is 0.391. The standard InChI is InChI=1S/C18H27N5O2.HI/c1-4-19-18(20-9-5-11-23-12-6-10-22-23)21-14-15-7-8-16(24-2)13-17(15)25-3;/h6-8,10,12-13H,4-5,9,11,14H2,1-3H3,(H2,19,20,21);1H. The predicted molar refractivity (Wildman–Crippen MR) is 115 cm³/mol. The Kier molecular flexibility index (Phi) is 10.5. The van der Waals surface area contributed by atoms with Crippen LogP contribution >= 0.6 is 24.0 Å². The predicted octanol–water partition coefficient (Wildman–Crippen LogP) is 2.66. The van der Waals surface area contributed by atoms with Gasteiger partial charge >= 0.3 is 0 Å². The van der Waals surface area contributed by atoms with Crippen molar-refractivity contribution >= 4 is 29.9 Å². The van der Waals surface area contributed by atoms with Crippen LogP contribution in [-0.2, 0) is 13.1 Å². The molecule has 1 aromatic carbocycles. The number of aliphatic imine (C=N–C) groups is 1. The zero-order valence-corrected chi connectivity index (χ0v) is 17.9. The van der Waals surface area contributed by atoms with Crippen LogP contribution in [0.25, 0.3) is 0 Å². The molecule has 7 nitrogen and oxygen atoms in total. The van der Waals surface area contributed by atoms with Gasteiger partial charge in [0.2, 0.25) is 0 Å². The molecule has 144 valence electrons. The molecule has 2 rings (SSSR count). The minimum atomic E-state index is 0. The quantitative estimate of drug-likeness (QED) is 0.254. The maximum Gasteiger partial charge on any atom is 0.191 e. The third kappa shape index (κ3) is 7.11. The van der Waals surface area contributed by atoms with Gasteiger partial charge in [0.1, 0.15) is 11.5 Å². The van der Waals surface area contributed by atoms with Gasteiger partial charge in [0.15, 0.2) is 5.96 Å². The first kappa shape index (κ1) is 22.1. The molecular formula is C18H28IN5O2. The van der Waals surface area contributed by atoms with E-state index in [-0.39, 0.29) is 24.0 Å². The van der Waals surface area contributed by atoms with Gasteiger partial charge in [0, 0.05) is 43.7 Å². The number of hydrogen-bond acceptors (Lipinski definition) is 4. The molecule has 0 atom stereocenters. The van der Waals surface area contributed by atoms with Crippen LogP contribution in [0, 0.1) is 0 Å². The molecule has 1 aromatic heterocycles. The minimum absolute atomic E-state index is 0. The first-order valence-corrected chi connectivity index (χ1v) is 8.47.